The second-order valence-corrected chi connectivity index (χ2v) is 8.02. The molecule has 0 bridgehead atoms. The molecule has 6 nitrogen and oxygen atoms in total. The van der Waals surface area contributed by atoms with Gasteiger partial charge in [0.15, 0.2) is 5.96 Å². The van der Waals surface area contributed by atoms with E-state index in [-0.39, 0.29) is 24.0 Å². The Labute approximate surface area is 181 Å². The topological polar surface area (TPSA) is 48.7 Å². The summed E-state index contributed by atoms with van der Waals surface area (Å²) in [6, 6.07) is 4.10. The Morgan fingerprint density at radius 3 is 2.65 bits per heavy atom. The maximum Gasteiger partial charge on any atom is 0.193 e. The van der Waals surface area contributed by atoms with Gasteiger partial charge in [-0.1, -0.05) is 11.6 Å². The molecule has 144 valence electrons. The van der Waals surface area contributed by atoms with E-state index >= 15 is 0 Å². The molecule has 26 heavy (non-hydrogen) atoms. The van der Waals surface area contributed by atoms with Crippen LogP contribution in [0, 0.1) is 6.92 Å². The van der Waals surface area contributed by atoms with Gasteiger partial charge in [-0.05, 0) is 24.6 Å². The number of aromatic nitrogens is 2. The molecule has 3 rings (SSSR count). The van der Waals surface area contributed by atoms with Gasteiger partial charge >= 0.3 is 0 Å². The molecule has 1 fully saturated rings. The summed E-state index contributed by atoms with van der Waals surface area (Å²) in [6.07, 6.45) is 3.94. The molecule has 1 aliphatic heterocycles. The molecule has 1 aliphatic rings. The van der Waals surface area contributed by atoms with E-state index in [4.69, 9.17) is 11.6 Å². The first kappa shape index (κ1) is 21.5. The molecule has 0 spiro atoms. The van der Waals surface area contributed by atoms with Crippen molar-refractivity contribution in [2.75, 3.05) is 39.8 Å². The lowest BCUT2D eigenvalue weighted by Gasteiger charge is -2.36. The van der Waals surface area contributed by atoms with E-state index in [1.807, 2.05) is 24.0 Å². The summed E-state index contributed by atoms with van der Waals surface area (Å²) in [5.41, 5.74) is 1.19. The molecule has 2 aromatic heterocycles. The number of rotatable bonds is 5. The molecular formula is C17H26ClIN6S. The van der Waals surface area contributed by atoms with Gasteiger partial charge in [0.1, 0.15) is 0 Å². The maximum absolute atomic E-state index is 6.02. The van der Waals surface area contributed by atoms with Crippen molar-refractivity contribution in [2.24, 2.45) is 4.99 Å². The minimum absolute atomic E-state index is 0. The second kappa shape index (κ2) is 10.5. The van der Waals surface area contributed by atoms with Crippen LogP contribution in [0.5, 0.6) is 0 Å². The van der Waals surface area contributed by atoms with Crippen molar-refractivity contribution in [1.82, 2.24) is 24.9 Å². The van der Waals surface area contributed by atoms with Gasteiger partial charge < -0.3 is 10.2 Å². The minimum Gasteiger partial charge on any atom is -0.354 e. The van der Waals surface area contributed by atoms with Gasteiger partial charge in [0.25, 0.3) is 0 Å². The van der Waals surface area contributed by atoms with Crippen LogP contribution in [0.25, 0.3) is 0 Å². The number of aryl methyl sites for hydroxylation is 1. The summed E-state index contributed by atoms with van der Waals surface area (Å²) < 4.78 is 2.82. The van der Waals surface area contributed by atoms with Gasteiger partial charge in [-0.25, -0.2) is 0 Å². The Kier molecular flexibility index (Phi) is 8.65. The van der Waals surface area contributed by atoms with Crippen molar-refractivity contribution in [1.29, 1.82) is 0 Å². The third kappa shape index (κ3) is 6.11. The highest BCUT2D eigenvalue weighted by Gasteiger charge is 2.19. The van der Waals surface area contributed by atoms with Crippen molar-refractivity contribution >= 4 is 52.9 Å². The smallest absolute Gasteiger partial charge is 0.193 e. The zero-order valence-electron chi connectivity index (χ0n) is 15.2. The van der Waals surface area contributed by atoms with Crippen LogP contribution in [-0.2, 0) is 13.1 Å². The molecule has 0 saturated carbocycles. The van der Waals surface area contributed by atoms with Crippen LogP contribution >= 0.6 is 46.9 Å². The summed E-state index contributed by atoms with van der Waals surface area (Å²) in [5, 5.41) is 7.76. The molecule has 0 aromatic carbocycles. The molecule has 2 aromatic rings. The van der Waals surface area contributed by atoms with Crippen molar-refractivity contribution in [3.8, 4) is 0 Å². The van der Waals surface area contributed by atoms with Crippen LogP contribution in [0.1, 0.15) is 10.4 Å². The lowest BCUT2D eigenvalue weighted by Crippen LogP contribution is -2.52. The molecule has 0 atom stereocenters. The number of hydrogen-bond acceptors (Lipinski definition) is 4. The highest BCUT2D eigenvalue weighted by Crippen LogP contribution is 2.23. The molecule has 0 amide bonds. The van der Waals surface area contributed by atoms with Gasteiger partial charge in [-0.3, -0.25) is 14.6 Å². The third-order valence-electron chi connectivity index (χ3n) is 4.28. The standard InChI is InChI=1S/C17H25ClN6S.HI/c1-14-11-21-24(12-14)6-5-20-17(19-2)23-9-7-22(8-10-23)13-15-3-4-16(18)25-15;/h3-4,11-12H,5-10,13H2,1-2H3,(H,19,20);1H. The fourth-order valence-corrected chi connectivity index (χ4v) is 4.11. The number of halogens is 2. The van der Waals surface area contributed by atoms with E-state index in [1.54, 1.807) is 11.3 Å². The van der Waals surface area contributed by atoms with Crippen molar-refractivity contribution in [2.45, 2.75) is 20.0 Å². The SMILES string of the molecule is CN=C(NCCn1cc(C)cn1)N1CCN(Cc2ccc(Cl)s2)CC1.I. The molecule has 0 radical (unpaired) electrons. The van der Waals surface area contributed by atoms with E-state index in [0.717, 1.165) is 56.1 Å². The molecule has 1 N–H and O–H groups in total. The summed E-state index contributed by atoms with van der Waals surface area (Å²) in [7, 11) is 1.85. The van der Waals surface area contributed by atoms with Crippen molar-refractivity contribution < 1.29 is 0 Å². The van der Waals surface area contributed by atoms with Crippen LogP contribution in [0.3, 0.4) is 0 Å². The first-order valence-electron chi connectivity index (χ1n) is 8.55. The summed E-state index contributed by atoms with van der Waals surface area (Å²) >= 11 is 7.69. The van der Waals surface area contributed by atoms with Gasteiger partial charge in [-0.2, -0.15) is 5.10 Å². The average Bonchev–Trinajstić information content (AvgIpc) is 3.21. The van der Waals surface area contributed by atoms with Gasteiger partial charge in [-0.15, -0.1) is 35.3 Å². The maximum atomic E-state index is 6.02. The Morgan fingerprint density at radius 1 is 1.31 bits per heavy atom. The Bertz CT molecular complexity index is 708. The average molecular weight is 509 g/mol. The van der Waals surface area contributed by atoms with E-state index in [1.165, 1.54) is 10.4 Å². The summed E-state index contributed by atoms with van der Waals surface area (Å²) in [6.45, 7) is 8.74. The highest BCUT2D eigenvalue weighted by molar-refractivity contribution is 14.0. The van der Waals surface area contributed by atoms with Crippen molar-refractivity contribution in [3.05, 3.63) is 39.3 Å². The van der Waals surface area contributed by atoms with Gasteiger partial charge in [0.2, 0.25) is 0 Å². The Balaban J connectivity index is 0.00000243. The minimum atomic E-state index is 0. The lowest BCUT2D eigenvalue weighted by molar-refractivity contribution is 0.173. The molecule has 0 aliphatic carbocycles. The van der Waals surface area contributed by atoms with Crippen LogP contribution in [0.15, 0.2) is 29.5 Å². The predicted octanol–water partition coefficient (Wildman–Crippen LogP) is 2.92. The van der Waals surface area contributed by atoms with E-state index in [2.05, 4.69) is 44.4 Å². The molecular weight excluding hydrogens is 483 g/mol. The summed E-state index contributed by atoms with van der Waals surface area (Å²) in [5.74, 6) is 0.975. The fraction of sp³-hybridized carbons (Fsp3) is 0.529. The highest BCUT2D eigenvalue weighted by atomic mass is 127. The monoisotopic (exact) mass is 508 g/mol. The van der Waals surface area contributed by atoms with Crippen molar-refractivity contribution in [3.63, 3.8) is 0 Å². The fourth-order valence-electron chi connectivity index (χ4n) is 2.98. The first-order valence-corrected chi connectivity index (χ1v) is 9.75. The van der Waals surface area contributed by atoms with Gasteiger partial charge in [0, 0.05) is 57.4 Å². The van der Waals surface area contributed by atoms with E-state index in [9.17, 15) is 0 Å². The third-order valence-corrected chi connectivity index (χ3v) is 5.49. The molecule has 1 saturated heterocycles. The normalized spacial score (nSPS) is 15.8. The Morgan fingerprint density at radius 2 is 2.08 bits per heavy atom. The molecule has 9 heteroatoms. The number of piperazine rings is 1. The number of aliphatic imine (C=N–C) groups is 1. The van der Waals surface area contributed by atoms with Crippen LogP contribution in [0.4, 0.5) is 0 Å². The first-order chi connectivity index (χ1) is 12.1. The van der Waals surface area contributed by atoms with Crippen LogP contribution < -0.4 is 5.32 Å². The quantitative estimate of drug-likeness (QED) is 0.383. The van der Waals surface area contributed by atoms with Crippen LogP contribution in [-0.4, -0.2) is 65.3 Å². The number of thiophene rings is 1. The number of hydrogen-bond donors (Lipinski definition) is 1. The predicted molar refractivity (Wildman–Crippen MR) is 120 cm³/mol. The van der Waals surface area contributed by atoms with E-state index < -0.39 is 0 Å². The summed E-state index contributed by atoms with van der Waals surface area (Å²) in [4.78, 5) is 10.6. The largest absolute Gasteiger partial charge is 0.354 e. The zero-order chi connectivity index (χ0) is 17.6. The second-order valence-electron chi connectivity index (χ2n) is 6.22. The zero-order valence-corrected chi connectivity index (χ0v) is 19.1. The number of nitrogens with zero attached hydrogens (tertiary/aromatic N) is 5. The number of guanidine groups is 1. The molecule has 3 heterocycles. The van der Waals surface area contributed by atoms with E-state index in [0.29, 0.717) is 0 Å². The van der Waals surface area contributed by atoms with Crippen LogP contribution in [0.2, 0.25) is 4.34 Å². The van der Waals surface area contributed by atoms with Gasteiger partial charge in [0.05, 0.1) is 17.1 Å². The lowest BCUT2D eigenvalue weighted by atomic mass is 10.3. The molecule has 0 unspecified atom stereocenters. The Hall–Kier alpha value is -0.840. The number of nitrogens with one attached hydrogen (secondary N) is 1.